The molecule has 1 aromatic heterocycles. The largest absolute Gasteiger partial charge is 0.494 e. The van der Waals surface area contributed by atoms with Crippen LogP contribution >= 0.6 is 11.6 Å². The summed E-state index contributed by atoms with van der Waals surface area (Å²) in [6, 6.07) is 7.52. The third kappa shape index (κ3) is 2.60. The lowest BCUT2D eigenvalue weighted by Crippen LogP contribution is -2.00. The summed E-state index contributed by atoms with van der Waals surface area (Å²) in [5, 5.41) is 14.4. The van der Waals surface area contributed by atoms with Crippen LogP contribution in [-0.2, 0) is 13.0 Å². The molecule has 0 aliphatic rings. The molecule has 1 aromatic carbocycles. The predicted octanol–water partition coefficient (Wildman–Crippen LogP) is 2.98. The first-order chi connectivity index (χ1) is 9.22. The Bertz CT molecular complexity index is 567. The second kappa shape index (κ2) is 6.08. The Balaban J connectivity index is 2.56. The molecule has 2 aromatic rings. The van der Waals surface area contributed by atoms with E-state index in [1.807, 2.05) is 24.3 Å². The van der Waals surface area contributed by atoms with Gasteiger partial charge in [-0.2, -0.15) is 5.10 Å². The van der Waals surface area contributed by atoms with Gasteiger partial charge in [-0.25, -0.2) is 4.68 Å². The van der Waals surface area contributed by atoms with Crippen LogP contribution in [0.2, 0.25) is 5.15 Å². The third-order valence-corrected chi connectivity index (χ3v) is 3.35. The predicted molar refractivity (Wildman–Crippen MR) is 75.0 cm³/mol. The van der Waals surface area contributed by atoms with Gasteiger partial charge >= 0.3 is 0 Å². The molecule has 4 nitrogen and oxygen atoms in total. The highest BCUT2D eigenvalue weighted by atomic mass is 35.5. The van der Waals surface area contributed by atoms with Gasteiger partial charge in [0.1, 0.15) is 16.6 Å². The molecule has 0 amide bonds. The van der Waals surface area contributed by atoms with Crippen LogP contribution in [0.1, 0.15) is 24.6 Å². The van der Waals surface area contributed by atoms with E-state index in [1.54, 1.807) is 11.8 Å². The number of halogens is 1. The van der Waals surface area contributed by atoms with Crippen molar-refractivity contribution in [1.29, 1.82) is 0 Å². The van der Waals surface area contributed by atoms with Crippen LogP contribution in [0.3, 0.4) is 0 Å². The van der Waals surface area contributed by atoms with Gasteiger partial charge < -0.3 is 9.84 Å². The molecule has 0 aliphatic carbocycles. The fourth-order valence-corrected chi connectivity index (χ4v) is 2.33. The molecule has 0 saturated heterocycles. The summed E-state index contributed by atoms with van der Waals surface area (Å²) >= 11 is 6.31. The lowest BCUT2D eigenvalue weighted by atomic mass is 10.2. The molecule has 0 fully saturated rings. The Hall–Kier alpha value is -1.52. The molecule has 1 heterocycles. The first kappa shape index (κ1) is 13.9. The van der Waals surface area contributed by atoms with E-state index < -0.39 is 0 Å². The smallest absolute Gasteiger partial charge is 0.144 e. The van der Waals surface area contributed by atoms with Crippen LogP contribution in [0.4, 0.5) is 0 Å². The van der Waals surface area contributed by atoms with Crippen molar-refractivity contribution in [2.75, 3.05) is 7.11 Å². The van der Waals surface area contributed by atoms with Crippen molar-refractivity contribution < 1.29 is 9.84 Å². The van der Waals surface area contributed by atoms with Gasteiger partial charge in [0.05, 0.1) is 19.4 Å². The molecule has 0 aliphatic heterocycles. The fourth-order valence-electron chi connectivity index (χ4n) is 2.03. The fraction of sp³-hybridized carbons (Fsp3) is 0.357. The Morgan fingerprint density at radius 1 is 1.37 bits per heavy atom. The van der Waals surface area contributed by atoms with Crippen molar-refractivity contribution in [3.05, 3.63) is 40.7 Å². The van der Waals surface area contributed by atoms with Gasteiger partial charge in [0.2, 0.25) is 0 Å². The summed E-state index contributed by atoms with van der Waals surface area (Å²) in [5.41, 5.74) is 2.29. The number of benzene rings is 1. The van der Waals surface area contributed by atoms with Crippen LogP contribution in [0.15, 0.2) is 24.3 Å². The quantitative estimate of drug-likeness (QED) is 0.916. The summed E-state index contributed by atoms with van der Waals surface area (Å²) < 4.78 is 6.94. The summed E-state index contributed by atoms with van der Waals surface area (Å²) in [4.78, 5) is 0. The number of rotatable bonds is 5. The van der Waals surface area contributed by atoms with E-state index in [9.17, 15) is 5.11 Å². The van der Waals surface area contributed by atoms with Gasteiger partial charge in [-0.3, -0.25) is 0 Å². The maximum Gasteiger partial charge on any atom is 0.144 e. The summed E-state index contributed by atoms with van der Waals surface area (Å²) in [7, 11) is 1.61. The van der Waals surface area contributed by atoms with Crippen molar-refractivity contribution in [2.45, 2.75) is 26.4 Å². The van der Waals surface area contributed by atoms with E-state index in [2.05, 4.69) is 12.0 Å². The number of nitrogens with zero attached hydrogens (tertiary/aromatic N) is 2. The minimum absolute atomic E-state index is 0.108. The first-order valence-electron chi connectivity index (χ1n) is 6.23. The zero-order valence-electron chi connectivity index (χ0n) is 11.1. The van der Waals surface area contributed by atoms with Crippen LogP contribution in [0, 0.1) is 0 Å². The molecule has 0 spiro atoms. The number of aromatic nitrogens is 2. The normalized spacial score (nSPS) is 10.7. The number of aliphatic hydroxyl groups excluding tert-OH is 1. The lowest BCUT2D eigenvalue weighted by molar-refractivity contribution is 0.280. The second-order valence-electron chi connectivity index (χ2n) is 4.21. The van der Waals surface area contributed by atoms with Gasteiger partial charge in [-0.1, -0.05) is 37.1 Å². The first-order valence-corrected chi connectivity index (χ1v) is 6.61. The molecular weight excluding hydrogens is 264 g/mol. The average molecular weight is 281 g/mol. The van der Waals surface area contributed by atoms with Gasteiger partial charge in [0.15, 0.2) is 0 Å². The topological polar surface area (TPSA) is 47.3 Å². The van der Waals surface area contributed by atoms with Crippen molar-refractivity contribution in [3.8, 4) is 11.4 Å². The Labute approximate surface area is 117 Å². The van der Waals surface area contributed by atoms with Crippen molar-refractivity contribution in [3.63, 3.8) is 0 Å². The lowest BCUT2D eigenvalue weighted by Gasteiger charge is -2.08. The van der Waals surface area contributed by atoms with Crippen molar-refractivity contribution >= 4 is 11.6 Å². The van der Waals surface area contributed by atoms with Crippen LogP contribution in [0.5, 0.6) is 5.75 Å². The van der Waals surface area contributed by atoms with E-state index in [-0.39, 0.29) is 6.61 Å². The molecule has 0 saturated carbocycles. The number of methoxy groups -OCH3 is 1. The molecule has 5 heteroatoms. The molecule has 0 radical (unpaired) electrons. The summed E-state index contributed by atoms with van der Waals surface area (Å²) in [6.07, 6.45) is 1.74. The molecular formula is C14H17ClN2O2. The van der Waals surface area contributed by atoms with Crippen molar-refractivity contribution in [1.82, 2.24) is 9.78 Å². The molecule has 19 heavy (non-hydrogen) atoms. The monoisotopic (exact) mass is 280 g/mol. The molecule has 0 atom stereocenters. The highest BCUT2D eigenvalue weighted by Crippen LogP contribution is 2.29. The maximum absolute atomic E-state index is 9.44. The van der Waals surface area contributed by atoms with Gasteiger partial charge in [0.25, 0.3) is 0 Å². The highest BCUT2D eigenvalue weighted by Gasteiger charge is 2.17. The number of hydrogen-bond acceptors (Lipinski definition) is 3. The van der Waals surface area contributed by atoms with Gasteiger partial charge in [0, 0.05) is 5.56 Å². The molecule has 102 valence electrons. The Morgan fingerprint density at radius 3 is 2.74 bits per heavy atom. The number of para-hydroxylation sites is 2. The van der Waals surface area contributed by atoms with E-state index in [0.717, 1.165) is 24.2 Å². The minimum atomic E-state index is -0.108. The molecule has 0 bridgehead atoms. The van der Waals surface area contributed by atoms with Gasteiger partial charge in [-0.15, -0.1) is 0 Å². The minimum Gasteiger partial charge on any atom is -0.494 e. The van der Waals surface area contributed by atoms with Crippen molar-refractivity contribution in [2.24, 2.45) is 0 Å². The number of aryl methyl sites for hydroxylation is 1. The van der Waals surface area contributed by atoms with Crippen LogP contribution < -0.4 is 4.74 Å². The average Bonchev–Trinajstić information content (AvgIpc) is 2.75. The number of ether oxygens (including phenoxy) is 1. The van der Waals surface area contributed by atoms with E-state index in [0.29, 0.717) is 16.5 Å². The van der Waals surface area contributed by atoms with E-state index in [1.165, 1.54) is 0 Å². The zero-order chi connectivity index (χ0) is 13.8. The standard InChI is InChI=1S/C14H17ClN2O2/c1-3-6-11-10(9-18)14(15)17(16-11)12-7-4-5-8-13(12)19-2/h4-5,7-8,18H,3,6,9H2,1-2H3. The van der Waals surface area contributed by atoms with Gasteiger partial charge in [-0.05, 0) is 18.6 Å². The molecule has 1 N–H and O–H groups in total. The zero-order valence-corrected chi connectivity index (χ0v) is 11.8. The van der Waals surface area contributed by atoms with E-state index >= 15 is 0 Å². The SMILES string of the molecule is CCCc1nn(-c2ccccc2OC)c(Cl)c1CO. The number of hydrogen-bond donors (Lipinski definition) is 1. The summed E-state index contributed by atoms with van der Waals surface area (Å²) in [6.45, 7) is 1.96. The van der Waals surface area contributed by atoms with Crippen LogP contribution in [-0.4, -0.2) is 22.0 Å². The molecule has 2 rings (SSSR count). The van der Waals surface area contributed by atoms with E-state index in [4.69, 9.17) is 16.3 Å². The maximum atomic E-state index is 9.44. The Morgan fingerprint density at radius 2 is 2.11 bits per heavy atom. The highest BCUT2D eigenvalue weighted by molar-refractivity contribution is 6.30. The van der Waals surface area contributed by atoms with Crippen LogP contribution in [0.25, 0.3) is 5.69 Å². The Kier molecular flexibility index (Phi) is 4.45. The number of aliphatic hydroxyl groups is 1. The molecule has 0 unspecified atom stereocenters. The summed E-state index contributed by atoms with van der Waals surface area (Å²) in [5.74, 6) is 0.694. The second-order valence-corrected chi connectivity index (χ2v) is 4.57. The third-order valence-electron chi connectivity index (χ3n) is 2.96.